The SMILES string of the molecule is CC(=O)[C@H]1[C@@H](O)C[C@H]2[C@@H]3CCC4=CC(=O)[C@@H](O)C[C@]4(C)[C@H]3CC[C@@]21C. The third kappa shape index (κ3) is 2.26. The van der Waals surface area contributed by atoms with Gasteiger partial charge in [-0.3, -0.25) is 9.59 Å². The van der Waals surface area contributed by atoms with Crippen molar-refractivity contribution in [3.8, 4) is 0 Å². The van der Waals surface area contributed by atoms with E-state index in [2.05, 4.69) is 13.8 Å². The first-order valence-electron chi connectivity index (χ1n) is 9.80. The molecule has 4 aliphatic rings. The van der Waals surface area contributed by atoms with Gasteiger partial charge in [-0.2, -0.15) is 0 Å². The van der Waals surface area contributed by atoms with Crippen LogP contribution >= 0.6 is 0 Å². The van der Waals surface area contributed by atoms with E-state index in [1.54, 1.807) is 13.0 Å². The highest BCUT2D eigenvalue weighted by molar-refractivity contribution is 5.95. The van der Waals surface area contributed by atoms with Crippen molar-refractivity contribution in [1.29, 1.82) is 0 Å². The molecular weight excluding hydrogens is 316 g/mol. The standard InChI is InChI=1S/C21H30O4/c1-11(22)19-17(24)9-15-13-5-4-12-8-16(23)18(25)10-21(12,3)14(13)6-7-20(15,19)2/h8,13-15,17-19,24-25H,4-7,9-10H2,1-3H3/t13-,14+,15+,17+,18+,19+,20+,21+/m1/s1. The minimum atomic E-state index is -0.875. The molecule has 0 aromatic heterocycles. The van der Waals surface area contributed by atoms with E-state index in [0.717, 1.165) is 32.1 Å². The molecule has 0 unspecified atom stereocenters. The number of fused-ring (bicyclic) bond motifs is 5. The van der Waals surface area contributed by atoms with Gasteiger partial charge in [-0.15, -0.1) is 0 Å². The first-order valence-corrected chi connectivity index (χ1v) is 9.80. The van der Waals surface area contributed by atoms with Crippen LogP contribution in [0, 0.1) is 34.5 Å². The third-order valence-electron chi connectivity index (χ3n) is 8.46. The van der Waals surface area contributed by atoms with Crippen LogP contribution in [0.5, 0.6) is 0 Å². The van der Waals surface area contributed by atoms with Gasteiger partial charge >= 0.3 is 0 Å². The van der Waals surface area contributed by atoms with Gasteiger partial charge in [0.1, 0.15) is 11.9 Å². The van der Waals surface area contributed by atoms with Gasteiger partial charge < -0.3 is 10.2 Å². The lowest BCUT2D eigenvalue weighted by atomic mass is 9.46. The molecule has 138 valence electrons. The summed E-state index contributed by atoms with van der Waals surface area (Å²) in [6.07, 6.45) is 5.47. The summed E-state index contributed by atoms with van der Waals surface area (Å²) < 4.78 is 0. The Morgan fingerprint density at radius 1 is 1.20 bits per heavy atom. The van der Waals surface area contributed by atoms with E-state index in [4.69, 9.17) is 0 Å². The molecule has 4 heteroatoms. The van der Waals surface area contributed by atoms with E-state index in [1.165, 1.54) is 5.57 Å². The number of aliphatic hydroxyl groups is 2. The first-order chi connectivity index (χ1) is 11.7. The second-order valence-electron chi connectivity index (χ2n) is 9.56. The molecule has 0 amide bonds. The zero-order chi connectivity index (χ0) is 18.1. The average Bonchev–Trinajstić information content (AvgIpc) is 2.79. The molecule has 3 fully saturated rings. The Kier molecular flexibility index (Phi) is 3.83. The van der Waals surface area contributed by atoms with Gasteiger partial charge in [-0.05, 0) is 80.1 Å². The number of rotatable bonds is 1. The maximum Gasteiger partial charge on any atom is 0.184 e. The Bertz CT molecular complexity index is 652. The van der Waals surface area contributed by atoms with E-state index < -0.39 is 12.2 Å². The highest BCUT2D eigenvalue weighted by Crippen LogP contribution is 2.66. The van der Waals surface area contributed by atoms with Crippen molar-refractivity contribution in [1.82, 2.24) is 0 Å². The van der Waals surface area contributed by atoms with Crippen LogP contribution in [-0.4, -0.2) is 34.0 Å². The van der Waals surface area contributed by atoms with E-state index in [0.29, 0.717) is 24.2 Å². The van der Waals surface area contributed by atoms with Crippen LogP contribution in [0.25, 0.3) is 0 Å². The molecule has 0 aromatic carbocycles. The van der Waals surface area contributed by atoms with E-state index in [9.17, 15) is 19.8 Å². The van der Waals surface area contributed by atoms with Crippen molar-refractivity contribution < 1.29 is 19.8 Å². The van der Waals surface area contributed by atoms with Crippen molar-refractivity contribution >= 4 is 11.6 Å². The van der Waals surface area contributed by atoms with Gasteiger partial charge in [0, 0.05) is 5.92 Å². The second-order valence-corrected chi connectivity index (χ2v) is 9.56. The van der Waals surface area contributed by atoms with Crippen molar-refractivity contribution in [2.45, 2.75) is 71.5 Å². The predicted molar refractivity (Wildman–Crippen MR) is 93.7 cm³/mol. The molecule has 0 aromatic rings. The number of ketones is 2. The lowest BCUT2D eigenvalue weighted by Gasteiger charge is -2.58. The number of carbonyl (C=O) groups is 2. The first kappa shape index (κ1) is 17.4. The van der Waals surface area contributed by atoms with E-state index in [1.807, 2.05) is 0 Å². The van der Waals surface area contributed by atoms with E-state index in [-0.39, 0.29) is 28.3 Å². The van der Waals surface area contributed by atoms with Gasteiger partial charge in [0.2, 0.25) is 0 Å². The van der Waals surface area contributed by atoms with Crippen molar-refractivity contribution in [3.63, 3.8) is 0 Å². The zero-order valence-corrected chi connectivity index (χ0v) is 15.5. The fraction of sp³-hybridized carbons (Fsp3) is 0.810. The molecule has 0 heterocycles. The minimum Gasteiger partial charge on any atom is -0.392 e. The molecule has 4 nitrogen and oxygen atoms in total. The van der Waals surface area contributed by atoms with Gasteiger partial charge in [-0.1, -0.05) is 19.4 Å². The molecule has 4 rings (SSSR count). The van der Waals surface area contributed by atoms with Crippen LogP contribution in [0.15, 0.2) is 11.6 Å². The molecule has 4 aliphatic carbocycles. The Labute approximate surface area is 149 Å². The molecular formula is C21H30O4. The molecule has 25 heavy (non-hydrogen) atoms. The number of aliphatic hydroxyl groups excluding tert-OH is 2. The van der Waals surface area contributed by atoms with E-state index >= 15 is 0 Å². The van der Waals surface area contributed by atoms with Gasteiger partial charge in [0.15, 0.2) is 5.78 Å². The molecule has 0 radical (unpaired) electrons. The lowest BCUT2D eigenvalue weighted by molar-refractivity contribution is -0.133. The molecule has 8 atom stereocenters. The summed E-state index contributed by atoms with van der Waals surface area (Å²) in [5, 5.41) is 20.8. The monoisotopic (exact) mass is 346 g/mol. The molecule has 0 aliphatic heterocycles. The highest BCUT2D eigenvalue weighted by atomic mass is 16.3. The van der Waals surface area contributed by atoms with Gasteiger partial charge in [-0.25, -0.2) is 0 Å². The van der Waals surface area contributed by atoms with Gasteiger partial charge in [0.25, 0.3) is 0 Å². The number of hydrogen-bond donors (Lipinski definition) is 2. The smallest absolute Gasteiger partial charge is 0.184 e. The van der Waals surface area contributed by atoms with Gasteiger partial charge in [0.05, 0.1) is 6.10 Å². The zero-order valence-electron chi connectivity index (χ0n) is 15.5. The Balaban J connectivity index is 1.70. The summed E-state index contributed by atoms with van der Waals surface area (Å²) in [7, 11) is 0. The van der Waals surface area contributed by atoms with Crippen LogP contribution in [-0.2, 0) is 9.59 Å². The van der Waals surface area contributed by atoms with Crippen LogP contribution < -0.4 is 0 Å². The van der Waals surface area contributed by atoms with Crippen LogP contribution in [0.1, 0.15) is 59.3 Å². The molecule has 3 saturated carbocycles. The molecule has 0 saturated heterocycles. The summed E-state index contributed by atoms with van der Waals surface area (Å²) in [6.45, 7) is 6.06. The number of hydrogen-bond acceptors (Lipinski definition) is 4. The maximum atomic E-state index is 12.2. The minimum absolute atomic E-state index is 0.104. The van der Waals surface area contributed by atoms with Crippen LogP contribution in [0.2, 0.25) is 0 Å². The Hall–Kier alpha value is -1.00. The van der Waals surface area contributed by atoms with Crippen LogP contribution in [0.3, 0.4) is 0 Å². The number of allylic oxidation sites excluding steroid dienone is 1. The van der Waals surface area contributed by atoms with Crippen molar-refractivity contribution in [2.24, 2.45) is 34.5 Å². The number of Topliss-reactive ketones (excluding diaryl/α,β-unsaturated/α-hetero) is 1. The summed E-state index contributed by atoms with van der Waals surface area (Å²) in [6, 6.07) is 0. The highest BCUT2D eigenvalue weighted by Gasteiger charge is 2.62. The largest absolute Gasteiger partial charge is 0.392 e. The summed E-state index contributed by atoms with van der Waals surface area (Å²) >= 11 is 0. The second kappa shape index (κ2) is 5.50. The normalized spacial score (nSPS) is 52.0. The lowest BCUT2D eigenvalue weighted by Crippen LogP contribution is -2.52. The topological polar surface area (TPSA) is 74.6 Å². The molecule has 0 spiro atoms. The quantitative estimate of drug-likeness (QED) is 0.765. The average molecular weight is 346 g/mol. The fourth-order valence-electron chi connectivity index (χ4n) is 7.37. The van der Waals surface area contributed by atoms with Crippen molar-refractivity contribution in [2.75, 3.05) is 0 Å². The maximum absolute atomic E-state index is 12.2. The fourth-order valence-corrected chi connectivity index (χ4v) is 7.37. The summed E-state index contributed by atoms with van der Waals surface area (Å²) in [5.74, 6) is 1.02. The number of carbonyl (C=O) groups excluding carboxylic acids is 2. The third-order valence-corrected chi connectivity index (χ3v) is 8.46. The predicted octanol–water partition coefficient (Wildman–Crippen LogP) is 2.67. The molecule has 2 N–H and O–H groups in total. The Morgan fingerprint density at radius 3 is 2.60 bits per heavy atom. The Morgan fingerprint density at radius 2 is 1.92 bits per heavy atom. The van der Waals surface area contributed by atoms with Crippen molar-refractivity contribution in [3.05, 3.63) is 11.6 Å². The van der Waals surface area contributed by atoms with Crippen LogP contribution in [0.4, 0.5) is 0 Å². The summed E-state index contributed by atoms with van der Waals surface area (Å²) in [5.41, 5.74) is 0.999. The molecule has 0 bridgehead atoms. The summed E-state index contributed by atoms with van der Waals surface area (Å²) in [4.78, 5) is 24.2.